The first-order valence-electron chi connectivity index (χ1n) is 13.4. The van der Waals surface area contributed by atoms with Crippen molar-refractivity contribution in [1.82, 2.24) is 9.80 Å². The van der Waals surface area contributed by atoms with Gasteiger partial charge >= 0.3 is 0 Å². The number of anilines is 1. The molecule has 2 fully saturated rings. The molecule has 0 unspecified atom stereocenters. The molecule has 9 heteroatoms. The number of likely N-dealkylation sites (tertiary alicyclic amines) is 2. The summed E-state index contributed by atoms with van der Waals surface area (Å²) in [7, 11) is -3.60. The van der Waals surface area contributed by atoms with Crippen LogP contribution in [0.25, 0.3) is 0 Å². The number of amides is 1. The fraction of sp³-hybridized carbons (Fsp3) is 0.367. The van der Waals surface area contributed by atoms with Gasteiger partial charge in [0.1, 0.15) is 5.82 Å². The van der Waals surface area contributed by atoms with E-state index in [-0.39, 0.29) is 21.3 Å². The van der Waals surface area contributed by atoms with Crippen molar-refractivity contribution in [3.63, 3.8) is 0 Å². The Morgan fingerprint density at radius 2 is 1.59 bits per heavy atom. The first-order chi connectivity index (χ1) is 18.7. The number of carbonyl (C=O) groups excluding carboxylic acids is 1. The van der Waals surface area contributed by atoms with Crippen molar-refractivity contribution in [2.75, 3.05) is 31.9 Å². The maximum absolute atomic E-state index is 13.6. The summed E-state index contributed by atoms with van der Waals surface area (Å²) in [6.45, 7) is 3.32. The van der Waals surface area contributed by atoms with E-state index >= 15 is 0 Å². The minimum Gasteiger partial charge on any atom is -0.398 e. The van der Waals surface area contributed by atoms with E-state index in [1.807, 2.05) is 12.1 Å². The summed E-state index contributed by atoms with van der Waals surface area (Å²) in [6.07, 6.45) is 4.89. The second kappa shape index (κ2) is 11.7. The Bertz CT molecular complexity index is 1430. The summed E-state index contributed by atoms with van der Waals surface area (Å²) in [6, 6.07) is 17.9. The lowest BCUT2D eigenvalue weighted by Gasteiger charge is -2.42. The fourth-order valence-electron chi connectivity index (χ4n) is 5.75. The molecule has 206 valence electrons. The zero-order valence-corrected chi connectivity index (χ0v) is 23.3. The van der Waals surface area contributed by atoms with Crippen molar-refractivity contribution in [2.24, 2.45) is 5.92 Å². The summed E-state index contributed by atoms with van der Waals surface area (Å²) in [4.78, 5) is 17.6. The van der Waals surface area contributed by atoms with Gasteiger partial charge in [-0.2, -0.15) is 0 Å². The van der Waals surface area contributed by atoms with Crippen molar-refractivity contribution in [2.45, 2.75) is 47.9 Å². The average Bonchev–Trinajstić information content (AvgIpc) is 2.95. The number of sulfone groups is 1. The molecular formula is C30H33ClFN3O3S. The number of nitrogens with zero attached hydrogens (tertiary/aromatic N) is 2. The zero-order chi connectivity index (χ0) is 27.6. The number of hydrogen-bond acceptors (Lipinski definition) is 5. The predicted molar refractivity (Wildman–Crippen MR) is 151 cm³/mol. The van der Waals surface area contributed by atoms with Crippen molar-refractivity contribution < 1.29 is 17.6 Å². The van der Waals surface area contributed by atoms with Gasteiger partial charge in [-0.1, -0.05) is 29.8 Å². The molecule has 2 heterocycles. The summed E-state index contributed by atoms with van der Waals surface area (Å²) >= 11 is 5.98. The van der Waals surface area contributed by atoms with Crippen LogP contribution in [0.4, 0.5) is 10.1 Å². The largest absolute Gasteiger partial charge is 0.398 e. The van der Waals surface area contributed by atoms with Gasteiger partial charge in [-0.15, -0.1) is 0 Å². The number of carbonyl (C=O) groups is 1. The molecule has 2 saturated heterocycles. The number of rotatable bonds is 6. The molecule has 0 radical (unpaired) electrons. The van der Waals surface area contributed by atoms with Gasteiger partial charge in [0.2, 0.25) is 9.84 Å². The lowest BCUT2D eigenvalue weighted by atomic mass is 9.88. The SMILES string of the molecule is Nc1ccc(F)cc1C(=O)N1CCC(N2CCC(Cc3ccc(S(=O)(=O)c4cccc(Cl)c4)cc3)CC2)CC1. The van der Waals surface area contributed by atoms with Crippen LogP contribution in [0, 0.1) is 11.7 Å². The molecule has 6 nitrogen and oxygen atoms in total. The molecule has 39 heavy (non-hydrogen) atoms. The maximum Gasteiger partial charge on any atom is 0.256 e. The quantitative estimate of drug-likeness (QED) is 0.399. The van der Waals surface area contributed by atoms with Crippen LogP contribution in [0.3, 0.4) is 0 Å². The molecule has 2 aliphatic rings. The maximum atomic E-state index is 13.6. The Kier molecular flexibility index (Phi) is 8.26. The smallest absolute Gasteiger partial charge is 0.256 e. The molecule has 2 N–H and O–H groups in total. The Balaban J connectivity index is 1.10. The van der Waals surface area contributed by atoms with Crippen LogP contribution in [0.1, 0.15) is 41.6 Å². The Hall–Kier alpha value is -2.94. The van der Waals surface area contributed by atoms with Crippen molar-refractivity contribution in [3.8, 4) is 0 Å². The first kappa shape index (κ1) is 27.6. The minimum atomic E-state index is -3.60. The highest BCUT2D eigenvalue weighted by Gasteiger charge is 2.30. The highest BCUT2D eigenvalue weighted by atomic mass is 35.5. The number of nitrogens with two attached hydrogens (primary N) is 1. The molecule has 0 aromatic heterocycles. The molecule has 2 aliphatic heterocycles. The molecular weight excluding hydrogens is 537 g/mol. The topological polar surface area (TPSA) is 83.7 Å². The Morgan fingerprint density at radius 1 is 0.897 bits per heavy atom. The number of nitrogen functional groups attached to an aromatic ring is 1. The van der Waals surface area contributed by atoms with Crippen LogP contribution in [-0.4, -0.2) is 56.3 Å². The number of hydrogen-bond donors (Lipinski definition) is 1. The van der Waals surface area contributed by atoms with E-state index in [0.29, 0.717) is 35.8 Å². The van der Waals surface area contributed by atoms with Crippen LogP contribution in [-0.2, 0) is 16.3 Å². The zero-order valence-electron chi connectivity index (χ0n) is 21.7. The highest BCUT2D eigenvalue weighted by molar-refractivity contribution is 7.91. The van der Waals surface area contributed by atoms with Crippen LogP contribution in [0.2, 0.25) is 5.02 Å². The van der Waals surface area contributed by atoms with Gasteiger partial charge in [0.05, 0.1) is 15.4 Å². The van der Waals surface area contributed by atoms with Crippen LogP contribution in [0.5, 0.6) is 0 Å². The third-order valence-electron chi connectivity index (χ3n) is 8.03. The van der Waals surface area contributed by atoms with Crippen LogP contribution >= 0.6 is 11.6 Å². The Labute approximate surface area is 234 Å². The van der Waals surface area contributed by atoms with E-state index in [4.69, 9.17) is 17.3 Å². The average molecular weight is 570 g/mol. The van der Waals surface area contributed by atoms with E-state index in [9.17, 15) is 17.6 Å². The number of piperidine rings is 2. The summed E-state index contributed by atoms with van der Waals surface area (Å²) in [5.41, 5.74) is 7.60. The number of halogens is 2. The van der Waals surface area contributed by atoms with Gasteiger partial charge in [0.15, 0.2) is 0 Å². The summed E-state index contributed by atoms with van der Waals surface area (Å²) in [5.74, 6) is -0.103. The molecule has 0 aliphatic carbocycles. The Morgan fingerprint density at radius 3 is 2.26 bits per heavy atom. The predicted octanol–water partition coefficient (Wildman–Crippen LogP) is 5.45. The lowest BCUT2D eigenvalue weighted by molar-refractivity contribution is 0.0552. The second-order valence-electron chi connectivity index (χ2n) is 10.5. The van der Waals surface area contributed by atoms with E-state index in [1.54, 1.807) is 35.2 Å². The molecule has 5 rings (SSSR count). The van der Waals surface area contributed by atoms with Crippen molar-refractivity contribution >= 4 is 33.0 Å². The van der Waals surface area contributed by atoms with E-state index in [2.05, 4.69) is 4.90 Å². The monoisotopic (exact) mass is 569 g/mol. The van der Waals surface area contributed by atoms with E-state index in [0.717, 1.165) is 50.8 Å². The normalized spacial score (nSPS) is 17.8. The minimum absolute atomic E-state index is 0.198. The van der Waals surface area contributed by atoms with Gasteiger partial charge < -0.3 is 15.5 Å². The number of benzene rings is 3. The van der Waals surface area contributed by atoms with Crippen molar-refractivity contribution in [3.05, 3.63) is 88.7 Å². The fourth-order valence-corrected chi connectivity index (χ4v) is 7.31. The molecule has 0 bridgehead atoms. The van der Waals surface area contributed by atoms with Crippen molar-refractivity contribution in [1.29, 1.82) is 0 Å². The van der Waals surface area contributed by atoms with E-state index < -0.39 is 15.7 Å². The van der Waals surface area contributed by atoms with Crippen LogP contribution in [0.15, 0.2) is 76.5 Å². The van der Waals surface area contributed by atoms with Gasteiger partial charge in [-0.3, -0.25) is 4.79 Å². The molecule has 1 amide bonds. The lowest BCUT2D eigenvalue weighted by Crippen LogP contribution is -2.49. The molecule has 0 saturated carbocycles. The first-order valence-corrected chi connectivity index (χ1v) is 15.2. The second-order valence-corrected chi connectivity index (χ2v) is 12.9. The summed E-state index contributed by atoms with van der Waals surface area (Å²) in [5, 5.41) is 0.395. The molecule has 3 aromatic rings. The van der Waals surface area contributed by atoms with Gasteiger partial charge in [-0.25, -0.2) is 12.8 Å². The van der Waals surface area contributed by atoms with E-state index in [1.165, 1.54) is 24.3 Å². The van der Waals surface area contributed by atoms with Crippen LogP contribution < -0.4 is 5.73 Å². The summed E-state index contributed by atoms with van der Waals surface area (Å²) < 4.78 is 39.5. The standard InChI is InChI=1S/C30H33ClFN3O3S/c31-23-2-1-3-27(19-23)39(37,38)26-7-4-21(5-8-26)18-22-10-14-34(15-11-22)25-12-16-35(17-13-25)30(36)28-20-24(32)6-9-29(28)33/h1-9,19-20,22,25H,10-18,33H2. The van der Waals surface area contributed by atoms with Gasteiger partial charge in [-0.05, 0) is 105 Å². The van der Waals surface area contributed by atoms with Gasteiger partial charge in [0, 0.05) is 29.8 Å². The molecule has 3 aromatic carbocycles. The van der Waals surface area contributed by atoms with Gasteiger partial charge in [0.25, 0.3) is 5.91 Å². The third-order valence-corrected chi connectivity index (χ3v) is 10.0. The molecule has 0 atom stereocenters. The highest BCUT2D eigenvalue weighted by Crippen LogP contribution is 2.29. The third kappa shape index (κ3) is 6.29. The molecule has 0 spiro atoms.